The van der Waals surface area contributed by atoms with E-state index in [9.17, 15) is 26.4 Å². The van der Waals surface area contributed by atoms with Gasteiger partial charge in [0.05, 0.1) is 10.5 Å². The molecule has 0 unspecified atom stereocenters. The molecule has 3 rings (SSSR count). The van der Waals surface area contributed by atoms with Crippen LogP contribution >= 0.6 is 0 Å². The van der Waals surface area contributed by atoms with Crippen LogP contribution in [0.1, 0.15) is 44.7 Å². The Morgan fingerprint density at radius 2 is 1.69 bits per heavy atom. The van der Waals surface area contributed by atoms with E-state index in [2.05, 4.69) is 10.6 Å². The predicted molar refractivity (Wildman–Crippen MR) is 126 cm³/mol. The van der Waals surface area contributed by atoms with E-state index in [1.165, 1.54) is 28.6 Å². The Labute approximate surface area is 203 Å². The third kappa shape index (κ3) is 7.35. The molecule has 2 N–H and O–H groups in total. The molecule has 0 saturated carbocycles. The van der Waals surface area contributed by atoms with Gasteiger partial charge < -0.3 is 15.4 Å². The van der Waals surface area contributed by atoms with E-state index in [-0.39, 0.29) is 24.0 Å². The summed E-state index contributed by atoms with van der Waals surface area (Å²) in [6.07, 6.45) is -3.66. The molecule has 1 fully saturated rings. The SMILES string of the molecule is CC(C)(C)OC(=O)NC[C@H]1CCCN1S(=O)(=O)c1ccc(NCc2ccc(C(F)(F)F)cc2)cc1. The minimum absolute atomic E-state index is 0.127. The molecule has 0 aliphatic carbocycles. The number of anilines is 1. The fourth-order valence-corrected chi connectivity index (χ4v) is 5.43. The van der Waals surface area contributed by atoms with Gasteiger partial charge in [-0.2, -0.15) is 17.5 Å². The Bertz CT molecular complexity index is 1110. The molecule has 1 heterocycles. The number of ether oxygens (including phenoxy) is 1. The third-order valence-corrected chi connectivity index (χ3v) is 7.41. The normalized spacial score (nSPS) is 17.3. The fourth-order valence-electron chi connectivity index (χ4n) is 3.74. The van der Waals surface area contributed by atoms with Gasteiger partial charge in [-0.15, -0.1) is 0 Å². The van der Waals surface area contributed by atoms with Crippen molar-refractivity contribution in [1.29, 1.82) is 0 Å². The van der Waals surface area contributed by atoms with Gasteiger partial charge in [0.25, 0.3) is 0 Å². The van der Waals surface area contributed by atoms with Crippen molar-refractivity contribution in [3.05, 3.63) is 59.7 Å². The Morgan fingerprint density at radius 1 is 1.06 bits per heavy atom. The van der Waals surface area contributed by atoms with Gasteiger partial charge in [-0.3, -0.25) is 0 Å². The first-order valence-corrected chi connectivity index (χ1v) is 12.7. The molecule has 1 amide bonds. The van der Waals surface area contributed by atoms with Crippen LogP contribution in [0.25, 0.3) is 0 Å². The topological polar surface area (TPSA) is 87.7 Å². The zero-order chi connectivity index (χ0) is 25.9. The standard InChI is InChI=1S/C24H30F3N3O4S/c1-23(2,3)34-22(31)29-16-20-5-4-14-30(20)35(32,33)21-12-10-19(11-13-21)28-15-17-6-8-18(9-7-17)24(25,26)27/h6-13,20,28H,4-5,14-16H2,1-3H3,(H,29,31)/t20-/m1/s1. The van der Waals surface area contributed by atoms with Crippen LogP contribution in [0.2, 0.25) is 0 Å². The quantitative estimate of drug-likeness (QED) is 0.544. The number of nitrogens with one attached hydrogen (secondary N) is 2. The highest BCUT2D eigenvalue weighted by Gasteiger charge is 2.35. The number of carbonyl (C=O) groups excluding carboxylic acids is 1. The zero-order valence-corrected chi connectivity index (χ0v) is 20.7. The van der Waals surface area contributed by atoms with E-state index in [0.717, 1.165) is 12.1 Å². The summed E-state index contributed by atoms with van der Waals surface area (Å²) in [5, 5.41) is 5.72. The smallest absolute Gasteiger partial charge is 0.416 e. The Hall–Kier alpha value is -2.79. The van der Waals surface area contributed by atoms with Gasteiger partial charge in [0.15, 0.2) is 0 Å². The average Bonchev–Trinajstić information content (AvgIpc) is 3.25. The molecule has 0 spiro atoms. The Morgan fingerprint density at radius 3 is 2.26 bits per heavy atom. The van der Waals surface area contributed by atoms with Crippen LogP contribution in [0.4, 0.5) is 23.7 Å². The number of alkyl halides is 3. The van der Waals surface area contributed by atoms with Gasteiger partial charge in [-0.05, 0) is 75.6 Å². The van der Waals surface area contributed by atoms with Crippen LogP contribution in [0.15, 0.2) is 53.4 Å². The molecule has 0 aromatic heterocycles. The number of nitrogens with zero attached hydrogens (tertiary/aromatic N) is 1. The predicted octanol–water partition coefficient (Wildman–Crippen LogP) is 5.00. The van der Waals surface area contributed by atoms with Crippen molar-refractivity contribution in [2.75, 3.05) is 18.4 Å². The first-order chi connectivity index (χ1) is 16.3. The summed E-state index contributed by atoms with van der Waals surface area (Å²) >= 11 is 0. The molecule has 1 saturated heterocycles. The number of halogens is 3. The second-order valence-corrected chi connectivity index (χ2v) is 11.3. The summed E-state index contributed by atoms with van der Waals surface area (Å²) < 4.78 is 71.1. The molecule has 0 bridgehead atoms. The summed E-state index contributed by atoms with van der Waals surface area (Å²) in [7, 11) is -3.77. The van der Waals surface area contributed by atoms with Crippen LogP contribution in [-0.4, -0.2) is 43.5 Å². The summed E-state index contributed by atoms with van der Waals surface area (Å²) in [4.78, 5) is 12.1. The number of hydrogen-bond donors (Lipinski definition) is 2. The third-order valence-electron chi connectivity index (χ3n) is 5.44. The van der Waals surface area contributed by atoms with E-state index in [4.69, 9.17) is 4.74 Å². The van der Waals surface area contributed by atoms with Crippen LogP contribution in [0.3, 0.4) is 0 Å². The summed E-state index contributed by atoms with van der Waals surface area (Å²) in [5.41, 5.74) is -0.0637. The molecule has 11 heteroatoms. The second-order valence-electron chi connectivity index (χ2n) is 9.37. The molecular formula is C24H30F3N3O4S. The number of rotatable bonds is 7. The first-order valence-electron chi connectivity index (χ1n) is 11.2. The van der Waals surface area contributed by atoms with Gasteiger partial charge >= 0.3 is 12.3 Å². The maximum Gasteiger partial charge on any atom is 0.416 e. The minimum Gasteiger partial charge on any atom is -0.444 e. The van der Waals surface area contributed by atoms with Gasteiger partial charge in [0.2, 0.25) is 10.0 Å². The lowest BCUT2D eigenvalue weighted by Crippen LogP contribution is -2.44. The lowest BCUT2D eigenvalue weighted by molar-refractivity contribution is -0.137. The van der Waals surface area contributed by atoms with E-state index in [0.29, 0.717) is 30.6 Å². The largest absolute Gasteiger partial charge is 0.444 e. The van der Waals surface area contributed by atoms with Crippen molar-refractivity contribution >= 4 is 21.8 Å². The van der Waals surface area contributed by atoms with Crippen molar-refractivity contribution in [2.24, 2.45) is 0 Å². The van der Waals surface area contributed by atoms with Crippen LogP contribution < -0.4 is 10.6 Å². The lowest BCUT2D eigenvalue weighted by Gasteiger charge is -2.25. The zero-order valence-electron chi connectivity index (χ0n) is 19.9. The van der Waals surface area contributed by atoms with Gasteiger partial charge in [-0.25, -0.2) is 13.2 Å². The summed E-state index contributed by atoms with van der Waals surface area (Å²) in [5.74, 6) is 0. The lowest BCUT2D eigenvalue weighted by atomic mass is 10.1. The monoisotopic (exact) mass is 513 g/mol. The maximum absolute atomic E-state index is 13.2. The maximum atomic E-state index is 13.2. The van der Waals surface area contributed by atoms with Crippen molar-refractivity contribution in [3.63, 3.8) is 0 Å². The second kappa shape index (κ2) is 10.4. The van der Waals surface area contributed by atoms with E-state index >= 15 is 0 Å². The molecule has 2 aromatic carbocycles. The van der Waals surface area contributed by atoms with Crippen LogP contribution in [-0.2, 0) is 27.5 Å². The first kappa shape index (κ1) is 26.8. The molecule has 1 atom stereocenters. The highest BCUT2D eigenvalue weighted by molar-refractivity contribution is 7.89. The molecule has 1 aliphatic rings. The number of alkyl carbamates (subject to hydrolysis) is 1. The molecule has 192 valence electrons. The highest BCUT2D eigenvalue weighted by Crippen LogP contribution is 2.29. The molecule has 2 aromatic rings. The van der Waals surface area contributed by atoms with Crippen molar-refractivity contribution in [1.82, 2.24) is 9.62 Å². The van der Waals surface area contributed by atoms with Crippen LogP contribution in [0.5, 0.6) is 0 Å². The van der Waals surface area contributed by atoms with E-state index in [1.54, 1.807) is 32.9 Å². The molecule has 7 nitrogen and oxygen atoms in total. The summed E-state index contributed by atoms with van der Waals surface area (Å²) in [6.45, 7) is 6.05. The van der Waals surface area contributed by atoms with Gasteiger partial charge in [0.1, 0.15) is 5.60 Å². The van der Waals surface area contributed by atoms with Crippen molar-refractivity contribution < 1.29 is 31.1 Å². The van der Waals surface area contributed by atoms with Crippen molar-refractivity contribution in [2.45, 2.75) is 62.9 Å². The van der Waals surface area contributed by atoms with Crippen LogP contribution in [0, 0.1) is 0 Å². The Balaban J connectivity index is 1.59. The van der Waals surface area contributed by atoms with Gasteiger partial charge in [0, 0.05) is 31.4 Å². The summed E-state index contributed by atoms with van der Waals surface area (Å²) in [6, 6.07) is 10.7. The minimum atomic E-state index is -4.38. The number of amides is 1. The van der Waals surface area contributed by atoms with Gasteiger partial charge in [-0.1, -0.05) is 12.1 Å². The molecule has 35 heavy (non-hydrogen) atoms. The number of hydrogen-bond acceptors (Lipinski definition) is 5. The number of benzene rings is 2. The average molecular weight is 514 g/mol. The van der Waals surface area contributed by atoms with E-state index in [1.807, 2.05) is 0 Å². The fraction of sp³-hybridized carbons (Fsp3) is 0.458. The highest BCUT2D eigenvalue weighted by atomic mass is 32.2. The van der Waals surface area contributed by atoms with E-state index < -0.39 is 33.5 Å². The Kier molecular flexibility index (Phi) is 8.00. The molecule has 1 aliphatic heterocycles. The number of carbonyl (C=O) groups is 1. The number of sulfonamides is 1. The molecular weight excluding hydrogens is 483 g/mol. The van der Waals surface area contributed by atoms with Crippen molar-refractivity contribution in [3.8, 4) is 0 Å². The molecule has 0 radical (unpaired) electrons.